The van der Waals surface area contributed by atoms with Crippen LogP contribution in [0.2, 0.25) is 5.02 Å². The van der Waals surface area contributed by atoms with Gasteiger partial charge in [0.1, 0.15) is 23.1 Å². The molecule has 0 aliphatic heterocycles. The molecule has 0 aliphatic rings. The number of benzene rings is 1. The minimum atomic E-state index is -0.299. The van der Waals surface area contributed by atoms with Crippen molar-refractivity contribution < 1.29 is 9.21 Å². The molecule has 1 aromatic carbocycles. The number of carbonyl (C=O) groups excluding carboxylic acids is 1. The maximum Gasteiger partial charge on any atom is 0.270 e. The molecule has 0 saturated heterocycles. The summed E-state index contributed by atoms with van der Waals surface area (Å²) in [6.07, 6.45) is 1.56. The molecule has 0 radical (unpaired) electrons. The predicted octanol–water partition coefficient (Wildman–Crippen LogP) is 4.01. The first-order valence-corrected chi connectivity index (χ1v) is 8.08. The monoisotopic (exact) mass is 356 g/mol. The number of furan rings is 1. The highest BCUT2D eigenvalue weighted by atomic mass is 35.5. The maximum absolute atomic E-state index is 12.3. The quantitative estimate of drug-likeness (QED) is 0.721. The Morgan fingerprint density at radius 2 is 2.04 bits per heavy atom. The lowest BCUT2D eigenvalue weighted by Crippen LogP contribution is -2.24. The van der Waals surface area contributed by atoms with Gasteiger partial charge in [0.2, 0.25) is 0 Å². The maximum atomic E-state index is 12.3. The number of nitrogens with one attached hydrogen (secondary N) is 2. The number of anilines is 2. The van der Waals surface area contributed by atoms with Crippen molar-refractivity contribution in [1.29, 1.82) is 0 Å². The Bertz CT molecular complexity index is 894. The number of carbonyl (C=O) groups is 1. The Hall–Kier alpha value is -2.86. The van der Waals surface area contributed by atoms with Crippen LogP contribution in [0.15, 0.2) is 47.1 Å². The van der Waals surface area contributed by atoms with Crippen LogP contribution in [-0.4, -0.2) is 15.9 Å². The standard InChI is InChI=1S/C18H17ClN4O2/c1-11-5-6-13(8-15(11)19)23-17-9-16(21-12(2)22-17)18(24)20-10-14-4-3-7-25-14/h3-9H,10H2,1-2H3,(H,20,24)(H,21,22,23). The second-order valence-electron chi connectivity index (χ2n) is 5.54. The zero-order valence-electron chi connectivity index (χ0n) is 13.8. The van der Waals surface area contributed by atoms with Crippen molar-refractivity contribution in [3.05, 3.63) is 70.5 Å². The number of nitrogens with zero attached hydrogens (tertiary/aromatic N) is 2. The molecule has 0 unspecified atom stereocenters. The average Bonchev–Trinajstić information content (AvgIpc) is 3.09. The summed E-state index contributed by atoms with van der Waals surface area (Å²) in [6, 6.07) is 10.8. The highest BCUT2D eigenvalue weighted by molar-refractivity contribution is 6.31. The highest BCUT2D eigenvalue weighted by Crippen LogP contribution is 2.22. The summed E-state index contributed by atoms with van der Waals surface area (Å²) in [5, 5.41) is 6.57. The van der Waals surface area contributed by atoms with Crippen LogP contribution < -0.4 is 10.6 Å². The summed E-state index contributed by atoms with van der Waals surface area (Å²) in [5.41, 5.74) is 2.06. The SMILES string of the molecule is Cc1nc(Nc2ccc(C)c(Cl)c2)cc(C(=O)NCc2ccco2)n1. The Balaban J connectivity index is 1.75. The second kappa shape index (κ2) is 7.36. The van der Waals surface area contributed by atoms with Gasteiger partial charge in [0, 0.05) is 16.8 Å². The summed E-state index contributed by atoms with van der Waals surface area (Å²) in [7, 11) is 0. The van der Waals surface area contributed by atoms with Crippen LogP contribution >= 0.6 is 11.6 Å². The highest BCUT2D eigenvalue weighted by Gasteiger charge is 2.11. The van der Waals surface area contributed by atoms with Crippen LogP contribution in [0, 0.1) is 13.8 Å². The van der Waals surface area contributed by atoms with Crippen LogP contribution in [0.5, 0.6) is 0 Å². The molecule has 25 heavy (non-hydrogen) atoms. The smallest absolute Gasteiger partial charge is 0.270 e. The Morgan fingerprint density at radius 1 is 1.20 bits per heavy atom. The molecule has 0 fully saturated rings. The lowest BCUT2D eigenvalue weighted by Gasteiger charge is -2.10. The van der Waals surface area contributed by atoms with E-state index in [0.29, 0.717) is 29.0 Å². The molecule has 2 heterocycles. The molecular formula is C18H17ClN4O2. The van der Waals surface area contributed by atoms with E-state index in [9.17, 15) is 4.79 Å². The van der Waals surface area contributed by atoms with E-state index in [0.717, 1.165) is 11.3 Å². The van der Waals surface area contributed by atoms with Crippen LogP contribution in [0.1, 0.15) is 27.6 Å². The van der Waals surface area contributed by atoms with Crippen molar-refractivity contribution in [2.75, 3.05) is 5.32 Å². The lowest BCUT2D eigenvalue weighted by molar-refractivity contribution is 0.0942. The van der Waals surface area contributed by atoms with E-state index in [-0.39, 0.29) is 11.6 Å². The van der Waals surface area contributed by atoms with Crippen LogP contribution in [0.3, 0.4) is 0 Å². The molecule has 0 bridgehead atoms. The van der Waals surface area contributed by atoms with Crippen LogP contribution in [0.25, 0.3) is 0 Å². The first-order chi connectivity index (χ1) is 12.0. The molecule has 2 aromatic heterocycles. The molecular weight excluding hydrogens is 340 g/mol. The van der Waals surface area contributed by atoms with Gasteiger partial charge in [0.15, 0.2) is 0 Å². The van der Waals surface area contributed by atoms with E-state index < -0.39 is 0 Å². The molecule has 7 heteroatoms. The minimum Gasteiger partial charge on any atom is -0.467 e. The van der Waals surface area contributed by atoms with E-state index in [2.05, 4.69) is 20.6 Å². The third-order valence-corrected chi connectivity index (χ3v) is 3.93. The topological polar surface area (TPSA) is 80.0 Å². The van der Waals surface area contributed by atoms with Gasteiger partial charge in [-0.3, -0.25) is 4.79 Å². The first-order valence-electron chi connectivity index (χ1n) is 7.71. The second-order valence-corrected chi connectivity index (χ2v) is 5.94. The summed E-state index contributed by atoms with van der Waals surface area (Å²) in [5.74, 6) is 1.39. The fourth-order valence-electron chi connectivity index (χ4n) is 2.24. The number of hydrogen-bond acceptors (Lipinski definition) is 5. The predicted molar refractivity (Wildman–Crippen MR) is 96.1 cm³/mol. The van der Waals surface area contributed by atoms with Gasteiger partial charge in [0.05, 0.1) is 12.8 Å². The number of aryl methyl sites for hydroxylation is 2. The van der Waals surface area contributed by atoms with E-state index in [1.54, 1.807) is 31.4 Å². The van der Waals surface area contributed by atoms with Gasteiger partial charge in [-0.05, 0) is 43.7 Å². The summed E-state index contributed by atoms with van der Waals surface area (Å²) in [4.78, 5) is 20.8. The molecule has 0 atom stereocenters. The molecule has 0 saturated carbocycles. The minimum absolute atomic E-state index is 0.278. The van der Waals surface area contributed by atoms with Gasteiger partial charge in [-0.25, -0.2) is 9.97 Å². The van der Waals surface area contributed by atoms with E-state index in [1.165, 1.54) is 0 Å². The van der Waals surface area contributed by atoms with Gasteiger partial charge < -0.3 is 15.1 Å². The third-order valence-electron chi connectivity index (χ3n) is 3.52. The zero-order valence-corrected chi connectivity index (χ0v) is 14.6. The van der Waals surface area contributed by atoms with Crippen molar-refractivity contribution in [1.82, 2.24) is 15.3 Å². The van der Waals surface area contributed by atoms with E-state index in [1.807, 2.05) is 25.1 Å². The lowest BCUT2D eigenvalue weighted by atomic mass is 10.2. The molecule has 3 aromatic rings. The van der Waals surface area contributed by atoms with Gasteiger partial charge in [-0.1, -0.05) is 17.7 Å². The summed E-state index contributed by atoms with van der Waals surface area (Å²) < 4.78 is 5.19. The Labute approximate surface area is 150 Å². The van der Waals surface area contributed by atoms with E-state index in [4.69, 9.17) is 16.0 Å². The molecule has 128 valence electrons. The zero-order chi connectivity index (χ0) is 17.8. The third kappa shape index (κ3) is 4.36. The molecule has 3 rings (SSSR count). The summed E-state index contributed by atoms with van der Waals surface area (Å²) >= 11 is 6.14. The molecule has 1 amide bonds. The van der Waals surface area contributed by atoms with Crippen molar-refractivity contribution in [2.45, 2.75) is 20.4 Å². The van der Waals surface area contributed by atoms with Gasteiger partial charge in [0.25, 0.3) is 5.91 Å². The van der Waals surface area contributed by atoms with Crippen molar-refractivity contribution in [3.63, 3.8) is 0 Å². The average molecular weight is 357 g/mol. The van der Waals surface area contributed by atoms with Crippen LogP contribution in [-0.2, 0) is 6.54 Å². The molecule has 6 nitrogen and oxygen atoms in total. The number of amides is 1. The Kier molecular flexibility index (Phi) is 5.00. The van der Waals surface area contributed by atoms with E-state index >= 15 is 0 Å². The molecule has 0 aliphatic carbocycles. The van der Waals surface area contributed by atoms with Crippen LogP contribution in [0.4, 0.5) is 11.5 Å². The Morgan fingerprint density at radius 3 is 2.76 bits per heavy atom. The number of hydrogen-bond donors (Lipinski definition) is 2. The number of rotatable bonds is 5. The normalized spacial score (nSPS) is 10.5. The van der Waals surface area contributed by atoms with Crippen molar-refractivity contribution in [3.8, 4) is 0 Å². The number of halogens is 1. The fraction of sp³-hybridized carbons (Fsp3) is 0.167. The van der Waals surface area contributed by atoms with Gasteiger partial charge in [-0.15, -0.1) is 0 Å². The van der Waals surface area contributed by atoms with Gasteiger partial charge >= 0.3 is 0 Å². The molecule has 0 spiro atoms. The summed E-state index contributed by atoms with van der Waals surface area (Å²) in [6.45, 7) is 3.96. The van der Waals surface area contributed by atoms with Gasteiger partial charge in [-0.2, -0.15) is 0 Å². The largest absolute Gasteiger partial charge is 0.467 e. The number of aromatic nitrogens is 2. The fourth-order valence-corrected chi connectivity index (χ4v) is 2.42. The molecule has 2 N–H and O–H groups in total. The first kappa shape index (κ1) is 17.0. The van der Waals surface area contributed by atoms with Crippen molar-refractivity contribution >= 4 is 29.0 Å². The van der Waals surface area contributed by atoms with Crippen molar-refractivity contribution in [2.24, 2.45) is 0 Å².